The lowest BCUT2D eigenvalue weighted by Crippen LogP contribution is -2.24. The number of nitrogens with zero attached hydrogens (tertiary/aromatic N) is 2. The van der Waals surface area contributed by atoms with Gasteiger partial charge in [0.2, 0.25) is 0 Å². The molecular formula is C16H20ClN3. The van der Waals surface area contributed by atoms with Crippen LogP contribution < -0.4 is 5.32 Å². The van der Waals surface area contributed by atoms with Crippen molar-refractivity contribution < 1.29 is 0 Å². The van der Waals surface area contributed by atoms with Gasteiger partial charge in [-0.15, -0.1) is 0 Å². The highest BCUT2D eigenvalue weighted by Gasteiger charge is 2.22. The minimum Gasteiger partial charge on any atom is -0.319 e. The van der Waals surface area contributed by atoms with E-state index < -0.39 is 0 Å². The molecule has 20 heavy (non-hydrogen) atoms. The highest BCUT2D eigenvalue weighted by atomic mass is 35.5. The van der Waals surface area contributed by atoms with Crippen molar-refractivity contribution in [3.8, 4) is 0 Å². The Bertz CT molecular complexity index is 599. The average Bonchev–Trinajstić information content (AvgIpc) is 2.90. The highest BCUT2D eigenvalue weighted by molar-refractivity contribution is 6.35. The van der Waals surface area contributed by atoms with Crippen molar-refractivity contribution in [2.24, 2.45) is 5.92 Å². The quantitative estimate of drug-likeness (QED) is 0.938. The molecule has 1 aromatic heterocycles. The molecule has 0 bridgehead atoms. The molecule has 2 heterocycles. The number of likely N-dealkylation sites (tertiary alicyclic amines) is 1. The van der Waals surface area contributed by atoms with E-state index in [1.165, 1.54) is 18.5 Å². The molecule has 1 unspecified atom stereocenters. The Morgan fingerprint density at radius 3 is 3.15 bits per heavy atom. The van der Waals surface area contributed by atoms with E-state index in [9.17, 15) is 0 Å². The lowest BCUT2D eigenvalue weighted by atomic mass is 10.1. The van der Waals surface area contributed by atoms with Gasteiger partial charge < -0.3 is 5.32 Å². The number of hydrogen-bond acceptors (Lipinski definition) is 3. The van der Waals surface area contributed by atoms with Crippen LogP contribution in [0.5, 0.6) is 0 Å². The van der Waals surface area contributed by atoms with Crippen LogP contribution in [0.25, 0.3) is 10.9 Å². The first-order valence-corrected chi connectivity index (χ1v) is 7.55. The summed E-state index contributed by atoms with van der Waals surface area (Å²) in [6, 6.07) is 8.09. The minimum atomic E-state index is 0.770. The van der Waals surface area contributed by atoms with Crippen molar-refractivity contribution >= 4 is 22.5 Å². The molecule has 1 aliphatic heterocycles. The lowest BCUT2D eigenvalue weighted by molar-refractivity contribution is 0.316. The Morgan fingerprint density at radius 1 is 1.40 bits per heavy atom. The van der Waals surface area contributed by atoms with Crippen molar-refractivity contribution in [3.63, 3.8) is 0 Å². The van der Waals surface area contributed by atoms with E-state index in [-0.39, 0.29) is 0 Å². The molecule has 0 spiro atoms. The van der Waals surface area contributed by atoms with Crippen LogP contribution in [0.3, 0.4) is 0 Å². The molecule has 1 saturated heterocycles. The van der Waals surface area contributed by atoms with Gasteiger partial charge in [-0.2, -0.15) is 0 Å². The van der Waals surface area contributed by atoms with Crippen molar-refractivity contribution in [2.45, 2.75) is 13.0 Å². The summed E-state index contributed by atoms with van der Waals surface area (Å²) in [5.74, 6) is 0.770. The van der Waals surface area contributed by atoms with Gasteiger partial charge >= 0.3 is 0 Å². The SMILES string of the molecule is CNCC1CCN(Cc2ccc(Cl)c3cccnc23)C1. The third-order valence-corrected chi connectivity index (χ3v) is 4.39. The van der Waals surface area contributed by atoms with Gasteiger partial charge in [0.05, 0.1) is 5.52 Å². The summed E-state index contributed by atoms with van der Waals surface area (Å²) in [6.07, 6.45) is 3.12. The van der Waals surface area contributed by atoms with Crippen molar-refractivity contribution in [3.05, 3.63) is 41.0 Å². The number of halogens is 1. The van der Waals surface area contributed by atoms with Gasteiger partial charge in [-0.25, -0.2) is 0 Å². The van der Waals surface area contributed by atoms with Gasteiger partial charge in [0.1, 0.15) is 0 Å². The first-order valence-electron chi connectivity index (χ1n) is 7.17. The van der Waals surface area contributed by atoms with Gasteiger partial charge in [0.15, 0.2) is 0 Å². The second-order valence-electron chi connectivity index (χ2n) is 5.55. The summed E-state index contributed by atoms with van der Waals surface area (Å²) in [5.41, 5.74) is 2.31. The van der Waals surface area contributed by atoms with Crippen LogP contribution in [-0.2, 0) is 6.54 Å². The molecule has 0 radical (unpaired) electrons. The van der Waals surface area contributed by atoms with Crippen LogP contribution in [0, 0.1) is 5.92 Å². The fourth-order valence-electron chi connectivity index (χ4n) is 3.08. The van der Waals surface area contributed by atoms with Gasteiger partial charge in [-0.3, -0.25) is 9.88 Å². The number of aromatic nitrogens is 1. The highest BCUT2D eigenvalue weighted by Crippen LogP contribution is 2.27. The predicted octanol–water partition coefficient (Wildman–Crippen LogP) is 2.93. The molecule has 3 rings (SSSR count). The number of benzene rings is 1. The second kappa shape index (κ2) is 6.08. The van der Waals surface area contributed by atoms with Crippen molar-refractivity contribution in [1.29, 1.82) is 0 Å². The number of pyridine rings is 1. The first kappa shape index (κ1) is 13.8. The Morgan fingerprint density at radius 2 is 2.30 bits per heavy atom. The van der Waals surface area contributed by atoms with Gasteiger partial charge in [0, 0.05) is 29.7 Å². The summed E-state index contributed by atoms with van der Waals surface area (Å²) in [5, 5.41) is 5.11. The van der Waals surface area contributed by atoms with E-state index in [0.29, 0.717) is 0 Å². The number of fused-ring (bicyclic) bond motifs is 1. The zero-order valence-corrected chi connectivity index (χ0v) is 12.5. The molecule has 1 fully saturated rings. The Balaban J connectivity index is 1.80. The lowest BCUT2D eigenvalue weighted by Gasteiger charge is -2.17. The monoisotopic (exact) mass is 289 g/mol. The normalized spacial score (nSPS) is 19.8. The minimum absolute atomic E-state index is 0.770. The molecule has 1 aromatic carbocycles. The zero-order valence-electron chi connectivity index (χ0n) is 11.8. The second-order valence-corrected chi connectivity index (χ2v) is 5.96. The third-order valence-electron chi connectivity index (χ3n) is 4.06. The Kier molecular flexibility index (Phi) is 4.20. The predicted molar refractivity (Wildman–Crippen MR) is 84.1 cm³/mol. The van der Waals surface area contributed by atoms with Crippen LogP contribution in [-0.4, -0.2) is 36.6 Å². The van der Waals surface area contributed by atoms with Crippen LogP contribution in [0.4, 0.5) is 0 Å². The van der Waals surface area contributed by atoms with E-state index >= 15 is 0 Å². The van der Waals surface area contributed by atoms with Gasteiger partial charge in [-0.05, 0) is 56.2 Å². The maximum Gasteiger partial charge on any atom is 0.0761 e. The zero-order chi connectivity index (χ0) is 13.9. The van der Waals surface area contributed by atoms with Crippen LogP contribution in [0.1, 0.15) is 12.0 Å². The smallest absolute Gasteiger partial charge is 0.0761 e. The standard InChI is InChI=1S/C16H20ClN3/c1-18-9-12-6-8-20(10-12)11-13-4-5-15(17)14-3-2-7-19-16(13)14/h2-5,7,12,18H,6,8-11H2,1H3. The third kappa shape index (κ3) is 2.80. The molecule has 1 aliphatic rings. The summed E-state index contributed by atoms with van der Waals surface area (Å²) in [6.45, 7) is 4.40. The topological polar surface area (TPSA) is 28.2 Å². The van der Waals surface area contributed by atoms with Gasteiger partial charge in [-0.1, -0.05) is 17.7 Å². The van der Waals surface area contributed by atoms with E-state index in [2.05, 4.69) is 21.3 Å². The molecule has 4 heteroatoms. The van der Waals surface area contributed by atoms with E-state index in [0.717, 1.165) is 41.5 Å². The summed E-state index contributed by atoms with van der Waals surface area (Å²) >= 11 is 6.25. The fourth-order valence-corrected chi connectivity index (χ4v) is 3.29. The molecule has 106 valence electrons. The Hall–Kier alpha value is -1.16. The Labute approximate surface area is 124 Å². The largest absolute Gasteiger partial charge is 0.319 e. The molecule has 0 saturated carbocycles. The van der Waals surface area contributed by atoms with E-state index in [1.54, 1.807) is 0 Å². The van der Waals surface area contributed by atoms with E-state index in [1.807, 2.05) is 31.4 Å². The molecule has 2 aromatic rings. The molecule has 0 amide bonds. The average molecular weight is 290 g/mol. The van der Waals surface area contributed by atoms with E-state index in [4.69, 9.17) is 11.6 Å². The molecule has 3 nitrogen and oxygen atoms in total. The van der Waals surface area contributed by atoms with Crippen LogP contribution >= 0.6 is 11.6 Å². The molecular weight excluding hydrogens is 270 g/mol. The van der Waals surface area contributed by atoms with Crippen LogP contribution in [0.15, 0.2) is 30.5 Å². The molecule has 1 atom stereocenters. The number of hydrogen-bond donors (Lipinski definition) is 1. The fraction of sp³-hybridized carbons (Fsp3) is 0.438. The first-order chi connectivity index (χ1) is 9.78. The maximum atomic E-state index is 6.25. The summed E-state index contributed by atoms with van der Waals surface area (Å²) in [4.78, 5) is 7.03. The molecule has 0 aliphatic carbocycles. The maximum absolute atomic E-state index is 6.25. The van der Waals surface area contributed by atoms with Gasteiger partial charge in [0.25, 0.3) is 0 Å². The molecule has 1 N–H and O–H groups in total. The van der Waals surface area contributed by atoms with Crippen molar-refractivity contribution in [2.75, 3.05) is 26.7 Å². The summed E-state index contributed by atoms with van der Waals surface area (Å²) < 4.78 is 0. The van der Waals surface area contributed by atoms with Crippen LogP contribution in [0.2, 0.25) is 5.02 Å². The number of nitrogens with one attached hydrogen (secondary N) is 1. The van der Waals surface area contributed by atoms with Crippen molar-refractivity contribution in [1.82, 2.24) is 15.2 Å². The summed E-state index contributed by atoms with van der Waals surface area (Å²) in [7, 11) is 2.03. The number of rotatable bonds is 4.